The van der Waals surface area contributed by atoms with Gasteiger partial charge in [-0.15, -0.1) is 0 Å². The molecule has 1 aliphatic carbocycles. The Morgan fingerprint density at radius 3 is 2.63 bits per heavy atom. The third kappa shape index (κ3) is 3.88. The van der Waals surface area contributed by atoms with Gasteiger partial charge in [-0.2, -0.15) is 0 Å². The molecule has 7 nitrogen and oxygen atoms in total. The minimum absolute atomic E-state index is 0.127. The van der Waals surface area contributed by atoms with E-state index < -0.39 is 5.54 Å². The number of fused-ring (bicyclic) bond motifs is 1. The van der Waals surface area contributed by atoms with E-state index in [1.165, 1.54) is 0 Å². The van der Waals surface area contributed by atoms with Crippen molar-refractivity contribution in [1.29, 1.82) is 0 Å². The van der Waals surface area contributed by atoms with Crippen LogP contribution in [0, 0.1) is 0 Å². The molecule has 1 atom stereocenters. The van der Waals surface area contributed by atoms with Gasteiger partial charge in [-0.05, 0) is 56.5 Å². The molecule has 0 spiro atoms. The second-order valence-corrected chi connectivity index (χ2v) is 8.12. The standard InChI is InChI=1S/C23H28N2O5/c1-3-23(2,22(27)24-17-7-4-5-8-17)25(14-18-9-6-12-28-18)21(26)16-10-11-19-20(13-16)30-15-29-19/h6,9-13,17H,3-5,7-8,14-15H2,1-2H3,(H,24,27)/t23-/m0/s1. The summed E-state index contributed by atoms with van der Waals surface area (Å²) in [6, 6.07) is 8.86. The molecule has 1 saturated carbocycles. The van der Waals surface area contributed by atoms with Gasteiger partial charge >= 0.3 is 0 Å². The molecule has 2 aromatic rings. The van der Waals surface area contributed by atoms with Crippen LogP contribution in [0.25, 0.3) is 0 Å². The maximum Gasteiger partial charge on any atom is 0.255 e. The van der Waals surface area contributed by atoms with Crippen molar-refractivity contribution in [3.63, 3.8) is 0 Å². The van der Waals surface area contributed by atoms with E-state index >= 15 is 0 Å². The molecule has 0 saturated heterocycles. The SMILES string of the molecule is CC[C@@](C)(C(=O)NC1CCCC1)N(Cc1ccco1)C(=O)c1ccc2c(c1)OCO2. The molecule has 2 aliphatic rings. The maximum atomic E-state index is 13.6. The summed E-state index contributed by atoms with van der Waals surface area (Å²) in [5.74, 6) is 1.39. The van der Waals surface area contributed by atoms with Gasteiger partial charge in [0.1, 0.15) is 11.3 Å². The molecule has 0 bridgehead atoms. The quantitative estimate of drug-likeness (QED) is 0.746. The van der Waals surface area contributed by atoms with Gasteiger partial charge in [0.25, 0.3) is 5.91 Å². The van der Waals surface area contributed by atoms with E-state index in [0.29, 0.717) is 29.2 Å². The zero-order valence-corrected chi connectivity index (χ0v) is 17.5. The number of rotatable bonds is 7. The molecule has 1 aliphatic heterocycles. The van der Waals surface area contributed by atoms with Crippen molar-refractivity contribution in [3.8, 4) is 11.5 Å². The highest BCUT2D eigenvalue weighted by atomic mass is 16.7. The van der Waals surface area contributed by atoms with Crippen LogP contribution < -0.4 is 14.8 Å². The Morgan fingerprint density at radius 2 is 1.93 bits per heavy atom. The molecular formula is C23H28N2O5. The Hall–Kier alpha value is -2.96. The van der Waals surface area contributed by atoms with Gasteiger partial charge in [-0.1, -0.05) is 19.8 Å². The molecule has 0 unspecified atom stereocenters. The van der Waals surface area contributed by atoms with Crippen molar-refractivity contribution in [2.75, 3.05) is 6.79 Å². The van der Waals surface area contributed by atoms with Gasteiger partial charge in [0, 0.05) is 11.6 Å². The van der Waals surface area contributed by atoms with Crippen LogP contribution in [0.4, 0.5) is 0 Å². The Kier molecular flexibility index (Phi) is 5.70. The van der Waals surface area contributed by atoms with Gasteiger partial charge in [0.05, 0.1) is 12.8 Å². The molecular weight excluding hydrogens is 384 g/mol. The predicted molar refractivity (Wildman–Crippen MR) is 110 cm³/mol. The van der Waals surface area contributed by atoms with E-state index in [9.17, 15) is 9.59 Å². The summed E-state index contributed by atoms with van der Waals surface area (Å²) in [6.45, 7) is 4.09. The fourth-order valence-corrected chi connectivity index (χ4v) is 4.10. The van der Waals surface area contributed by atoms with E-state index in [-0.39, 0.29) is 31.2 Å². The van der Waals surface area contributed by atoms with Crippen LogP contribution in [0.15, 0.2) is 41.0 Å². The summed E-state index contributed by atoms with van der Waals surface area (Å²) >= 11 is 0. The van der Waals surface area contributed by atoms with Crippen molar-refractivity contribution >= 4 is 11.8 Å². The topological polar surface area (TPSA) is 81.0 Å². The molecule has 160 valence electrons. The van der Waals surface area contributed by atoms with E-state index in [2.05, 4.69) is 5.32 Å². The molecule has 1 aromatic carbocycles. The van der Waals surface area contributed by atoms with Crippen LogP contribution in [-0.4, -0.2) is 35.1 Å². The van der Waals surface area contributed by atoms with Gasteiger partial charge in [0.2, 0.25) is 12.7 Å². The molecule has 2 amide bonds. The van der Waals surface area contributed by atoms with Gasteiger partial charge in [0.15, 0.2) is 11.5 Å². The predicted octanol–water partition coefficient (Wildman–Crippen LogP) is 3.88. The van der Waals surface area contributed by atoms with Crippen LogP contribution >= 0.6 is 0 Å². The first-order valence-electron chi connectivity index (χ1n) is 10.6. The highest BCUT2D eigenvalue weighted by molar-refractivity contribution is 5.99. The van der Waals surface area contributed by atoms with Crippen LogP contribution in [0.1, 0.15) is 62.1 Å². The minimum atomic E-state index is -1.02. The number of nitrogens with zero attached hydrogens (tertiary/aromatic N) is 1. The van der Waals surface area contributed by atoms with Gasteiger partial charge < -0.3 is 24.1 Å². The Balaban J connectivity index is 1.65. The fraction of sp³-hybridized carbons (Fsp3) is 0.478. The molecule has 1 fully saturated rings. The number of hydrogen-bond donors (Lipinski definition) is 1. The molecule has 2 heterocycles. The molecule has 4 rings (SSSR count). The number of nitrogens with one attached hydrogen (secondary N) is 1. The lowest BCUT2D eigenvalue weighted by atomic mass is 9.92. The first-order chi connectivity index (χ1) is 14.5. The lowest BCUT2D eigenvalue weighted by Crippen LogP contribution is -2.59. The largest absolute Gasteiger partial charge is 0.467 e. The van der Waals surface area contributed by atoms with E-state index in [0.717, 1.165) is 25.7 Å². The van der Waals surface area contributed by atoms with Crippen LogP contribution in [0.3, 0.4) is 0 Å². The summed E-state index contributed by atoms with van der Waals surface area (Å²) in [5, 5.41) is 3.17. The molecule has 0 radical (unpaired) electrons. The fourth-order valence-electron chi connectivity index (χ4n) is 4.10. The third-order valence-electron chi connectivity index (χ3n) is 6.22. The maximum absolute atomic E-state index is 13.6. The van der Waals surface area contributed by atoms with Crippen molar-refractivity contribution in [2.24, 2.45) is 0 Å². The van der Waals surface area contributed by atoms with Crippen molar-refractivity contribution in [2.45, 2.75) is 64.1 Å². The number of furan rings is 1. The van der Waals surface area contributed by atoms with Gasteiger partial charge in [-0.3, -0.25) is 9.59 Å². The number of carbonyl (C=O) groups excluding carboxylic acids is 2. The van der Waals surface area contributed by atoms with Crippen LogP contribution in [-0.2, 0) is 11.3 Å². The summed E-state index contributed by atoms with van der Waals surface area (Å²) in [6.07, 6.45) is 6.27. The molecule has 7 heteroatoms. The summed E-state index contributed by atoms with van der Waals surface area (Å²) in [7, 11) is 0. The smallest absolute Gasteiger partial charge is 0.255 e. The Labute approximate surface area is 176 Å². The zero-order chi connectivity index (χ0) is 21.1. The van der Waals surface area contributed by atoms with E-state index in [4.69, 9.17) is 13.9 Å². The normalized spacial score (nSPS) is 17.5. The molecule has 1 aromatic heterocycles. The number of hydrogen-bond acceptors (Lipinski definition) is 5. The Morgan fingerprint density at radius 1 is 1.17 bits per heavy atom. The van der Waals surface area contributed by atoms with Crippen molar-refractivity contribution in [1.82, 2.24) is 10.2 Å². The second kappa shape index (κ2) is 8.42. The van der Waals surface area contributed by atoms with E-state index in [1.54, 1.807) is 35.4 Å². The van der Waals surface area contributed by atoms with Crippen molar-refractivity contribution in [3.05, 3.63) is 47.9 Å². The monoisotopic (exact) mass is 412 g/mol. The zero-order valence-electron chi connectivity index (χ0n) is 17.5. The highest BCUT2D eigenvalue weighted by Crippen LogP contribution is 2.34. The second-order valence-electron chi connectivity index (χ2n) is 8.12. The number of carbonyl (C=O) groups is 2. The third-order valence-corrected chi connectivity index (χ3v) is 6.22. The van der Waals surface area contributed by atoms with Gasteiger partial charge in [-0.25, -0.2) is 0 Å². The first kappa shape index (κ1) is 20.3. The lowest BCUT2D eigenvalue weighted by Gasteiger charge is -2.40. The van der Waals surface area contributed by atoms with Crippen LogP contribution in [0.2, 0.25) is 0 Å². The summed E-state index contributed by atoms with van der Waals surface area (Å²) in [4.78, 5) is 28.6. The lowest BCUT2D eigenvalue weighted by molar-refractivity contribution is -0.132. The first-order valence-corrected chi connectivity index (χ1v) is 10.6. The average Bonchev–Trinajstić information content (AvgIpc) is 3.53. The number of benzene rings is 1. The Bertz CT molecular complexity index is 904. The van der Waals surface area contributed by atoms with E-state index in [1.807, 2.05) is 19.9 Å². The minimum Gasteiger partial charge on any atom is -0.467 e. The summed E-state index contributed by atoms with van der Waals surface area (Å²) < 4.78 is 16.3. The molecule has 30 heavy (non-hydrogen) atoms. The van der Waals surface area contributed by atoms with Crippen molar-refractivity contribution < 1.29 is 23.5 Å². The number of ether oxygens (including phenoxy) is 2. The van der Waals surface area contributed by atoms with Crippen LogP contribution in [0.5, 0.6) is 11.5 Å². The number of amides is 2. The summed E-state index contributed by atoms with van der Waals surface area (Å²) in [5.41, 5.74) is -0.581. The average molecular weight is 412 g/mol. The molecule has 1 N–H and O–H groups in total. The highest BCUT2D eigenvalue weighted by Gasteiger charge is 2.42.